The second-order valence-electron chi connectivity index (χ2n) is 8.73. The van der Waals surface area contributed by atoms with Gasteiger partial charge in [0.05, 0.1) is 18.3 Å². The number of carbonyl (C=O) groups is 3. The van der Waals surface area contributed by atoms with E-state index in [0.717, 1.165) is 34.1 Å². The standard InChI is InChI=1S/C25H28N4O4S/c1-14(2)33-21-10-8-7-9-19(21)13-28-22-16(4)15(3)11-12-20(22)25(23(28)32)29(18(6)31)27-24(34-25)26-17(5)30/h7-12,14H,13H2,1-6H3,(H,26,27,30)/t25-/m0/s1. The molecule has 34 heavy (non-hydrogen) atoms. The van der Waals surface area contributed by atoms with Crippen LogP contribution in [-0.4, -0.2) is 34.0 Å². The Kier molecular flexibility index (Phi) is 6.16. The minimum atomic E-state index is -1.43. The van der Waals surface area contributed by atoms with Gasteiger partial charge in [-0.05, 0) is 56.7 Å². The van der Waals surface area contributed by atoms with Crippen molar-refractivity contribution < 1.29 is 19.1 Å². The van der Waals surface area contributed by atoms with E-state index >= 15 is 0 Å². The Morgan fingerprint density at radius 2 is 1.85 bits per heavy atom. The lowest BCUT2D eigenvalue weighted by atomic mass is 10.00. The molecule has 0 fully saturated rings. The van der Waals surface area contributed by atoms with Crippen molar-refractivity contribution >= 4 is 40.3 Å². The van der Waals surface area contributed by atoms with Crippen LogP contribution in [0.1, 0.15) is 49.9 Å². The highest BCUT2D eigenvalue weighted by molar-refractivity contribution is 8.15. The molecule has 0 saturated carbocycles. The monoisotopic (exact) mass is 480 g/mol. The van der Waals surface area contributed by atoms with Crippen LogP contribution in [0.4, 0.5) is 5.69 Å². The van der Waals surface area contributed by atoms with Crippen LogP contribution in [0.3, 0.4) is 0 Å². The summed E-state index contributed by atoms with van der Waals surface area (Å²) in [6, 6.07) is 11.5. The Labute approximate surface area is 203 Å². The smallest absolute Gasteiger partial charge is 0.271 e. The number of rotatable bonds is 4. The lowest BCUT2D eigenvalue weighted by Crippen LogP contribution is -2.48. The Morgan fingerprint density at radius 1 is 1.15 bits per heavy atom. The number of hydrogen-bond donors (Lipinski definition) is 1. The highest BCUT2D eigenvalue weighted by Crippen LogP contribution is 2.56. The minimum absolute atomic E-state index is 0.0229. The molecule has 2 aromatic rings. The van der Waals surface area contributed by atoms with Crippen LogP contribution < -0.4 is 15.0 Å². The summed E-state index contributed by atoms with van der Waals surface area (Å²) in [6.45, 7) is 10.9. The van der Waals surface area contributed by atoms with Gasteiger partial charge in [0.25, 0.3) is 5.91 Å². The summed E-state index contributed by atoms with van der Waals surface area (Å²) in [4.78, 5) is 38.9. The van der Waals surface area contributed by atoms with Gasteiger partial charge in [0.1, 0.15) is 5.75 Å². The zero-order valence-electron chi connectivity index (χ0n) is 20.1. The first-order valence-corrected chi connectivity index (χ1v) is 11.9. The number of ether oxygens (including phenoxy) is 1. The highest BCUT2D eigenvalue weighted by Gasteiger charge is 2.61. The van der Waals surface area contributed by atoms with Crippen molar-refractivity contribution in [1.29, 1.82) is 0 Å². The normalized spacial score (nSPS) is 19.0. The predicted molar refractivity (Wildman–Crippen MR) is 132 cm³/mol. The van der Waals surface area contributed by atoms with Crippen LogP contribution in [0, 0.1) is 13.8 Å². The molecule has 8 nitrogen and oxygen atoms in total. The van der Waals surface area contributed by atoms with Crippen molar-refractivity contribution in [1.82, 2.24) is 10.3 Å². The molecule has 2 aliphatic heterocycles. The third-order valence-corrected chi connectivity index (χ3v) is 7.09. The lowest BCUT2D eigenvalue weighted by molar-refractivity contribution is -0.139. The molecule has 0 unspecified atom stereocenters. The summed E-state index contributed by atoms with van der Waals surface area (Å²) in [7, 11) is 0. The molecule has 0 aliphatic carbocycles. The van der Waals surface area contributed by atoms with Gasteiger partial charge >= 0.3 is 0 Å². The Balaban J connectivity index is 1.85. The number of hydrazone groups is 1. The zero-order chi connectivity index (χ0) is 24.8. The summed E-state index contributed by atoms with van der Waals surface area (Å²) in [5.74, 6) is -0.305. The summed E-state index contributed by atoms with van der Waals surface area (Å²) in [6.07, 6.45) is -0.0229. The van der Waals surface area contributed by atoms with Crippen molar-refractivity contribution in [3.63, 3.8) is 0 Å². The largest absolute Gasteiger partial charge is 0.491 e. The molecule has 0 saturated heterocycles. The molecule has 2 aromatic carbocycles. The molecule has 0 bridgehead atoms. The van der Waals surface area contributed by atoms with Gasteiger partial charge in [-0.2, -0.15) is 5.01 Å². The number of aryl methyl sites for hydroxylation is 1. The predicted octanol–water partition coefficient (Wildman–Crippen LogP) is 3.79. The van der Waals surface area contributed by atoms with Crippen LogP contribution in [0.15, 0.2) is 41.5 Å². The number of amidine groups is 1. The van der Waals surface area contributed by atoms with Crippen LogP contribution in [0.2, 0.25) is 0 Å². The van der Waals surface area contributed by atoms with Gasteiger partial charge < -0.3 is 15.0 Å². The second-order valence-corrected chi connectivity index (χ2v) is 9.91. The lowest BCUT2D eigenvalue weighted by Gasteiger charge is -2.29. The van der Waals surface area contributed by atoms with Gasteiger partial charge in [0.2, 0.25) is 16.7 Å². The van der Waals surface area contributed by atoms with Crippen LogP contribution in [-0.2, 0) is 25.8 Å². The number of anilines is 1. The van der Waals surface area contributed by atoms with Gasteiger partial charge in [0, 0.05) is 25.0 Å². The number of hydrogen-bond acceptors (Lipinski definition) is 6. The van der Waals surface area contributed by atoms with E-state index in [2.05, 4.69) is 10.4 Å². The number of amides is 3. The minimum Gasteiger partial charge on any atom is -0.491 e. The van der Waals surface area contributed by atoms with E-state index in [-0.39, 0.29) is 29.6 Å². The number of para-hydroxylation sites is 1. The van der Waals surface area contributed by atoms with Gasteiger partial charge in [-0.25, -0.2) is 0 Å². The molecule has 3 amide bonds. The van der Waals surface area contributed by atoms with Crippen LogP contribution in [0.25, 0.3) is 0 Å². The van der Waals surface area contributed by atoms with E-state index in [4.69, 9.17) is 4.74 Å². The second kappa shape index (κ2) is 8.79. The van der Waals surface area contributed by atoms with E-state index in [0.29, 0.717) is 11.3 Å². The molecule has 2 heterocycles. The van der Waals surface area contributed by atoms with Crippen molar-refractivity contribution in [2.24, 2.45) is 5.10 Å². The van der Waals surface area contributed by atoms with E-state index < -0.39 is 10.8 Å². The fraction of sp³-hybridized carbons (Fsp3) is 0.360. The topological polar surface area (TPSA) is 91.3 Å². The van der Waals surface area contributed by atoms with E-state index in [9.17, 15) is 14.4 Å². The highest BCUT2D eigenvalue weighted by atomic mass is 32.2. The third kappa shape index (κ3) is 3.83. The molecule has 2 aliphatic rings. The molecule has 1 N–H and O–H groups in total. The van der Waals surface area contributed by atoms with Crippen molar-refractivity contribution in [2.45, 2.75) is 59.1 Å². The molecule has 1 atom stereocenters. The van der Waals surface area contributed by atoms with Crippen molar-refractivity contribution in [3.8, 4) is 5.75 Å². The maximum absolute atomic E-state index is 14.2. The molecule has 9 heteroatoms. The van der Waals surface area contributed by atoms with E-state index in [1.54, 1.807) is 4.90 Å². The SMILES string of the molecule is CC(=O)NC1=NN(C(C)=O)[C@@]2(S1)C(=O)N(Cc1ccccc1OC(C)C)c1c2ccc(C)c1C. The molecular weight excluding hydrogens is 452 g/mol. The first-order valence-electron chi connectivity index (χ1n) is 11.1. The van der Waals surface area contributed by atoms with Crippen LogP contribution in [0.5, 0.6) is 5.75 Å². The molecular formula is C25H28N4O4S. The average Bonchev–Trinajstić information content (AvgIpc) is 3.23. The number of nitrogens with zero attached hydrogens (tertiary/aromatic N) is 3. The first-order chi connectivity index (χ1) is 16.1. The molecule has 4 rings (SSSR count). The number of carbonyl (C=O) groups excluding carboxylic acids is 3. The summed E-state index contributed by atoms with van der Waals surface area (Å²) in [5, 5.41) is 8.37. The Morgan fingerprint density at radius 3 is 2.50 bits per heavy atom. The molecule has 178 valence electrons. The van der Waals surface area contributed by atoms with Crippen molar-refractivity contribution in [2.75, 3.05) is 4.90 Å². The number of thioether (sulfide) groups is 1. The Bertz CT molecular complexity index is 1230. The first kappa shape index (κ1) is 23.8. The van der Waals surface area contributed by atoms with Crippen molar-refractivity contribution in [3.05, 3.63) is 58.7 Å². The summed E-state index contributed by atoms with van der Waals surface area (Å²) < 4.78 is 5.99. The molecule has 1 spiro atoms. The molecule has 0 radical (unpaired) electrons. The summed E-state index contributed by atoms with van der Waals surface area (Å²) in [5.41, 5.74) is 4.26. The van der Waals surface area contributed by atoms with Gasteiger partial charge in [-0.1, -0.05) is 30.3 Å². The zero-order valence-corrected chi connectivity index (χ0v) is 20.9. The number of fused-ring (bicyclic) bond motifs is 2. The number of nitrogens with one attached hydrogen (secondary N) is 1. The fourth-order valence-electron chi connectivity index (χ4n) is 4.31. The van der Waals surface area contributed by atoms with Gasteiger partial charge in [-0.3, -0.25) is 14.4 Å². The van der Waals surface area contributed by atoms with Gasteiger partial charge in [0.15, 0.2) is 5.17 Å². The maximum atomic E-state index is 14.2. The average molecular weight is 481 g/mol. The third-order valence-electron chi connectivity index (χ3n) is 5.85. The van der Waals surface area contributed by atoms with Crippen LogP contribution >= 0.6 is 11.8 Å². The number of benzene rings is 2. The molecule has 0 aromatic heterocycles. The summed E-state index contributed by atoms with van der Waals surface area (Å²) >= 11 is 1.08. The maximum Gasteiger partial charge on any atom is 0.271 e. The van der Waals surface area contributed by atoms with E-state index in [1.165, 1.54) is 18.9 Å². The Hall–Kier alpha value is -3.33. The van der Waals surface area contributed by atoms with Gasteiger partial charge in [-0.15, -0.1) is 5.10 Å². The van der Waals surface area contributed by atoms with E-state index in [1.807, 2.05) is 64.1 Å². The fourth-order valence-corrected chi connectivity index (χ4v) is 5.63. The quantitative estimate of drug-likeness (QED) is 0.719.